The summed E-state index contributed by atoms with van der Waals surface area (Å²) in [6, 6.07) is 0.668. The lowest BCUT2D eigenvalue weighted by atomic mass is 9.75. The molecule has 0 amide bonds. The highest BCUT2D eigenvalue weighted by Crippen LogP contribution is 2.42. The number of rotatable bonds is 1. The standard InChI is InChI=1S/C16H28N2S/c1-15(2)9-6-13(10-15)18-14-17-11-16(12-19-14)7-4-3-5-8-16/h13H,3-12H2,1-2H3,(H,17,18). The molecule has 1 aliphatic heterocycles. The van der Waals surface area contributed by atoms with Crippen molar-refractivity contribution in [1.29, 1.82) is 0 Å². The zero-order chi connectivity index (χ0) is 13.3. The van der Waals surface area contributed by atoms with Gasteiger partial charge >= 0.3 is 0 Å². The largest absolute Gasteiger partial charge is 0.362 e. The first kappa shape index (κ1) is 13.8. The summed E-state index contributed by atoms with van der Waals surface area (Å²) in [6.45, 7) is 5.86. The van der Waals surface area contributed by atoms with E-state index in [1.807, 2.05) is 11.8 Å². The molecule has 108 valence electrons. The van der Waals surface area contributed by atoms with Crippen LogP contribution in [0.15, 0.2) is 4.99 Å². The van der Waals surface area contributed by atoms with Gasteiger partial charge in [-0.15, -0.1) is 0 Å². The summed E-state index contributed by atoms with van der Waals surface area (Å²) >= 11 is 1.99. The van der Waals surface area contributed by atoms with Gasteiger partial charge in [-0.1, -0.05) is 44.9 Å². The molecule has 3 rings (SSSR count). The van der Waals surface area contributed by atoms with Gasteiger partial charge in [0.2, 0.25) is 0 Å². The summed E-state index contributed by atoms with van der Waals surface area (Å²) in [5.74, 6) is 1.30. The molecule has 1 N–H and O–H groups in total. The topological polar surface area (TPSA) is 24.4 Å². The maximum atomic E-state index is 4.89. The first-order chi connectivity index (χ1) is 9.07. The summed E-state index contributed by atoms with van der Waals surface area (Å²) in [6.07, 6.45) is 11.1. The molecule has 2 fully saturated rings. The Morgan fingerprint density at radius 2 is 1.95 bits per heavy atom. The van der Waals surface area contributed by atoms with E-state index < -0.39 is 0 Å². The van der Waals surface area contributed by atoms with Crippen LogP contribution < -0.4 is 5.32 Å². The normalized spacial score (nSPS) is 33.2. The molecule has 2 nitrogen and oxygen atoms in total. The summed E-state index contributed by atoms with van der Waals surface area (Å²) in [7, 11) is 0. The van der Waals surface area contributed by atoms with Crippen molar-refractivity contribution in [2.45, 2.75) is 71.3 Å². The van der Waals surface area contributed by atoms with Gasteiger partial charge in [0.25, 0.3) is 0 Å². The molecular weight excluding hydrogens is 252 g/mol. The highest BCUT2D eigenvalue weighted by atomic mass is 32.2. The van der Waals surface area contributed by atoms with Crippen LogP contribution in [0, 0.1) is 10.8 Å². The molecular formula is C16H28N2S. The van der Waals surface area contributed by atoms with Crippen molar-refractivity contribution in [2.24, 2.45) is 15.8 Å². The Bertz CT molecular complexity index is 356. The van der Waals surface area contributed by atoms with E-state index in [2.05, 4.69) is 19.2 Å². The molecule has 1 heterocycles. The van der Waals surface area contributed by atoms with Gasteiger partial charge in [-0.2, -0.15) is 0 Å². The van der Waals surface area contributed by atoms with Gasteiger partial charge in [0, 0.05) is 18.3 Å². The molecule has 0 aromatic rings. The molecule has 0 saturated heterocycles. The predicted molar refractivity (Wildman–Crippen MR) is 84.8 cm³/mol. The first-order valence-corrected chi connectivity index (χ1v) is 8.99. The monoisotopic (exact) mass is 280 g/mol. The lowest BCUT2D eigenvalue weighted by Crippen LogP contribution is -2.39. The van der Waals surface area contributed by atoms with Crippen molar-refractivity contribution in [3.8, 4) is 0 Å². The van der Waals surface area contributed by atoms with Gasteiger partial charge in [0.15, 0.2) is 5.17 Å². The van der Waals surface area contributed by atoms with Gasteiger partial charge < -0.3 is 5.32 Å². The second kappa shape index (κ2) is 5.31. The second-order valence-corrected chi connectivity index (χ2v) is 8.68. The minimum Gasteiger partial charge on any atom is -0.362 e. The molecule has 0 radical (unpaired) electrons. The van der Waals surface area contributed by atoms with Gasteiger partial charge in [-0.3, -0.25) is 4.99 Å². The van der Waals surface area contributed by atoms with Crippen molar-refractivity contribution in [3.63, 3.8) is 0 Å². The molecule has 3 aliphatic rings. The first-order valence-electron chi connectivity index (χ1n) is 8.01. The average Bonchev–Trinajstić information content (AvgIpc) is 2.73. The SMILES string of the molecule is CC1(C)CCC(NC2=NCC3(CCCCC3)CS2)C1. The van der Waals surface area contributed by atoms with E-state index in [1.165, 1.54) is 62.3 Å². The van der Waals surface area contributed by atoms with Crippen molar-refractivity contribution in [2.75, 3.05) is 12.3 Å². The number of hydrogen-bond donors (Lipinski definition) is 1. The minimum atomic E-state index is 0.530. The van der Waals surface area contributed by atoms with Crippen molar-refractivity contribution in [1.82, 2.24) is 5.32 Å². The Morgan fingerprint density at radius 1 is 1.16 bits per heavy atom. The van der Waals surface area contributed by atoms with Crippen LogP contribution in [-0.2, 0) is 0 Å². The van der Waals surface area contributed by atoms with Crippen LogP contribution in [0.5, 0.6) is 0 Å². The summed E-state index contributed by atoms with van der Waals surface area (Å²) in [5, 5.41) is 4.94. The molecule has 0 aromatic carbocycles. The van der Waals surface area contributed by atoms with Crippen molar-refractivity contribution < 1.29 is 0 Å². The van der Waals surface area contributed by atoms with E-state index in [1.54, 1.807) is 0 Å². The number of aliphatic imine (C=N–C) groups is 1. The average molecular weight is 280 g/mol. The number of nitrogens with one attached hydrogen (secondary N) is 1. The Hall–Kier alpha value is -0.180. The van der Waals surface area contributed by atoms with E-state index in [0.717, 1.165) is 6.54 Å². The Labute approximate surface area is 122 Å². The molecule has 0 aromatic heterocycles. The third kappa shape index (κ3) is 3.29. The molecule has 2 aliphatic carbocycles. The van der Waals surface area contributed by atoms with Gasteiger partial charge in [-0.05, 0) is 42.9 Å². The maximum Gasteiger partial charge on any atom is 0.156 e. The van der Waals surface area contributed by atoms with E-state index in [4.69, 9.17) is 4.99 Å². The van der Waals surface area contributed by atoms with Crippen molar-refractivity contribution in [3.05, 3.63) is 0 Å². The molecule has 0 bridgehead atoms. The molecule has 3 heteroatoms. The second-order valence-electron chi connectivity index (χ2n) is 7.72. The summed E-state index contributed by atoms with van der Waals surface area (Å²) in [4.78, 5) is 4.89. The van der Waals surface area contributed by atoms with Crippen LogP contribution in [-0.4, -0.2) is 23.5 Å². The number of thioether (sulfide) groups is 1. The molecule has 1 unspecified atom stereocenters. The fourth-order valence-electron chi connectivity index (χ4n) is 3.98. The van der Waals surface area contributed by atoms with Gasteiger partial charge in [0.1, 0.15) is 0 Å². The smallest absolute Gasteiger partial charge is 0.156 e. The highest BCUT2D eigenvalue weighted by molar-refractivity contribution is 8.13. The Balaban J connectivity index is 1.54. The fraction of sp³-hybridized carbons (Fsp3) is 0.938. The zero-order valence-electron chi connectivity index (χ0n) is 12.5. The molecule has 1 spiro atoms. The third-order valence-electron chi connectivity index (χ3n) is 5.28. The van der Waals surface area contributed by atoms with Gasteiger partial charge in [-0.25, -0.2) is 0 Å². The zero-order valence-corrected chi connectivity index (χ0v) is 13.3. The predicted octanol–water partition coefficient (Wildman–Crippen LogP) is 4.21. The fourth-order valence-corrected chi connectivity index (χ4v) is 5.21. The lowest BCUT2D eigenvalue weighted by molar-refractivity contribution is 0.232. The quantitative estimate of drug-likeness (QED) is 0.778. The minimum absolute atomic E-state index is 0.530. The van der Waals surface area contributed by atoms with Crippen molar-refractivity contribution >= 4 is 16.9 Å². The molecule has 1 atom stereocenters. The number of hydrogen-bond acceptors (Lipinski definition) is 3. The van der Waals surface area contributed by atoms with Crippen LogP contribution in [0.3, 0.4) is 0 Å². The summed E-state index contributed by atoms with van der Waals surface area (Å²) in [5.41, 5.74) is 1.09. The third-order valence-corrected chi connectivity index (χ3v) is 6.56. The van der Waals surface area contributed by atoms with Crippen LogP contribution in [0.25, 0.3) is 0 Å². The van der Waals surface area contributed by atoms with E-state index in [-0.39, 0.29) is 0 Å². The van der Waals surface area contributed by atoms with E-state index >= 15 is 0 Å². The number of amidine groups is 1. The van der Waals surface area contributed by atoms with Crippen LogP contribution >= 0.6 is 11.8 Å². The Morgan fingerprint density at radius 3 is 2.53 bits per heavy atom. The molecule has 19 heavy (non-hydrogen) atoms. The van der Waals surface area contributed by atoms with Crippen LogP contribution in [0.2, 0.25) is 0 Å². The van der Waals surface area contributed by atoms with E-state index in [9.17, 15) is 0 Å². The van der Waals surface area contributed by atoms with E-state index in [0.29, 0.717) is 16.9 Å². The van der Waals surface area contributed by atoms with Gasteiger partial charge in [0.05, 0.1) is 0 Å². The molecule has 2 saturated carbocycles. The Kier molecular flexibility index (Phi) is 3.85. The maximum absolute atomic E-state index is 4.89. The lowest BCUT2D eigenvalue weighted by Gasteiger charge is -2.38. The van der Waals surface area contributed by atoms with Crippen LogP contribution in [0.1, 0.15) is 65.2 Å². The summed E-state index contributed by atoms with van der Waals surface area (Å²) < 4.78 is 0. The highest BCUT2D eigenvalue weighted by Gasteiger charge is 2.36. The number of nitrogens with zero attached hydrogens (tertiary/aromatic N) is 1. The van der Waals surface area contributed by atoms with Crippen LogP contribution in [0.4, 0.5) is 0 Å².